The number of fused-ring (bicyclic) bond motifs is 1. The topological polar surface area (TPSA) is 66.8 Å². The van der Waals surface area contributed by atoms with Crippen molar-refractivity contribution in [2.45, 2.75) is 19.4 Å². The molecule has 1 atom stereocenters. The minimum Gasteiger partial charge on any atom is -0.478 e. The number of carboxylic acids is 1. The van der Waals surface area contributed by atoms with Crippen LogP contribution in [0.1, 0.15) is 33.2 Å². The average molecular weight is 325 g/mol. The van der Waals surface area contributed by atoms with Gasteiger partial charge in [0.2, 0.25) is 0 Å². The molecule has 0 aromatic heterocycles. The molecular weight excluding hydrogens is 306 g/mol. The van der Waals surface area contributed by atoms with E-state index in [1.165, 1.54) is 11.0 Å². The van der Waals surface area contributed by atoms with Crippen LogP contribution in [0.5, 0.6) is 0 Å². The smallest absolute Gasteiger partial charge is 0.336 e. The highest BCUT2D eigenvalue weighted by Crippen LogP contribution is 2.31. The zero-order valence-corrected chi connectivity index (χ0v) is 13.7. The zero-order valence-electron chi connectivity index (χ0n) is 13.7. The molecule has 5 heteroatoms. The maximum Gasteiger partial charge on any atom is 0.336 e. The molecule has 124 valence electrons. The first-order valence-electron chi connectivity index (χ1n) is 7.80. The van der Waals surface area contributed by atoms with Crippen LogP contribution < -0.4 is 4.90 Å². The van der Waals surface area contributed by atoms with E-state index in [4.69, 9.17) is 4.74 Å². The molecule has 1 aliphatic rings. The highest BCUT2D eigenvalue weighted by atomic mass is 16.5. The number of hydrogen-bond donors (Lipinski definition) is 1. The SMILES string of the molecule is Cc1c(C(=O)O)cccc1N(C)C(=O)C1OCCc2ccccc21. The number of likely N-dealkylation sites (N-methyl/N-ethyl adjacent to an activating group) is 1. The Hall–Kier alpha value is -2.66. The third-order valence-corrected chi connectivity index (χ3v) is 4.45. The molecule has 1 amide bonds. The Morgan fingerprint density at radius 1 is 1.17 bits per heavy atom. The lowest BCUT2D eigenvalue weighted by Crippen LogP contribution is -2.36. The number of carbonyl (C=O) groups is 2. The summed E-state index contributed by atoms with van der Waals surface area (Å²) in [7, 11) is 1.65. The third kappa shape index (κ3) is 2.78. The number of ether oxygens (including phenoxy) is 1. The molecule has 1 unspecified atom stereocenters. The molecular formula is C19H19NO4. The Bertz CT molecular complexity index is 800. The molecule has 1 N–H and O–H groups in total. The third-order valence-electron chi connectivity index (χ3n) is 4.45. The lowest BCUT2D eigenvalue weighted by Gasteiger charge is -2.29. The summed E-state index contributed by atoms with van der Waals surface area (Å²) < 4.78 is 5.72. The van der Waals surface area contributed by atoms with E-state index >= 15 is 0 Å². The first-order chi connectivity index (χ1) is 11.5. The molecule has 0 fully saturated rings. The van der Waals surface area contributed by atoms with Gasteiger partial charge in [0.05, 0.1) is 12.2 Å². The van der Waals surface area contributed by atoms with Gasteiger partial charge in [-0.05, 0) is 42.2 Å². The molecule has 0 radical (unpaired) electrons. The van der Waals surface area contributed by atoms with Crippen LogP contribution in [0.15, 0.2) is 42.5 Å². The van der Waals surface area contributed by atoms with Crippen molar-refractivity contribution in [2.24, 2.45) is 0 Å². The van der Waals surface area contributed by atoms with Crippen molar-refractivity contribution in [3.63, 3.8) is 0 Å². The fraction of sp³-hybridized carbons (Fsp3) is 0.263. The number of aromatic carboxylic acids is 1. The van der Waals surface area contributed by atoms with Crippen LogP contribution >= 0.6 is 0 Å². The van der Waals surface area contributed by atoms with Crippen molar-refractivity contribution >= 4 is 17.6 Å². The van der Waals surface area contributed by atoms with E-state index < -0.39 is 12.1 Å². The first-order valence-corrected chi connectivity index (χ1v) is 7.80. The Labute approximate surface area is 140 Å². The summed E-state index contributed by atoms with van der Waals surface area (Å²) >= 11 is 0. The van der Waals surface area contributed by atoms with E-state index in [0.717, 1.165) is 17.5 Å². The predicted octanol–water partition coefficient (Wildman–Crippen LogP) is 2.97. The van der Waals surface area contributed by atoms with Crippen LogP contribution in [0.4, 0.5) is 5.69 Å². The van der Waals surface area contributed by atoms with Crippen molar-refractivity contribution in [1.29, 1.82) is 0 Å². The molecule has 0 bridgehead atoms. The van der Waals surface area contributed by atoms with Gasteiger partial charge in [-0.3, -0.25) is 4.79 Å². The van der Waals surface area contributed by atoms with E-state index in [9.17, 15) is 14.7 Å². The van der Waals surface area contributed by atoms with Gasteiger partial charge < -0.3 is 14.7 Å². The molecule has 2 aromatic rings. The summed E-state index contributed by atoms with van der Waals surface area (Å²) in [5.74, 6) is -1.21. The maximum atomic E-state index is 12.9. The molecule has 3 rings (SSSR count). The van der Waals surface area contributed by atoms with Gasteiger partial charge in [0, 0.05) is 12.7 Å². The quantitative estimate of drug-likeness (QED) is 0.942. The molecule has 2 aromatic carbocycles. The number of benzene rings is 2. The first kappa shape index (κ1) is 16.2. The van der Waals surface area contributed by atoms with Crippen molar-refractivity contribution in [3.8, 4) is 0 Å². The standard InChI is InChI=1S/C19H19NO4/c1-12-14(19(22)23)8-5-9-16(12)20(2)18(21)17-15-7-4-3-6-13(15)10-11-24-17/h3-9,17H,10-11H2,1-2H3,(H,22,23). The van der Waals surface area contributed by atoms with Crippen LogP contribution in [0, 0.1) is 6.92 Å². The Balaban J connectivity index is 1.95. The van der Waals surface area contributed by atoms with Gasteiger partial charge in [-0.1, -0.05) is 30.3 Å². The largest absolute Gasteiger partial charge is 0.478 e. The van der Waals surface area contributed by atoms with Gasteiger partial charge in [-0.25, -0.2) is 4.79 Å². The van der Waals surface area contributed by atoms with Gasteiger partial charge in [0.25, 0.3) is 5.91 Å². The van der Waals surface area contributed by atoms with E-state index in [0.29, 0.717) is 17.9 Å². The van der Waals surface area contributed by atoms with Crippen LogP contribution in [0.25, 0.3) is 0 Å². The van der Waals surface area contributed by atoms with Gasteiger partial charge in [0.1, 0.15) is 0 Å². The van der Waals surface area contributed by atoms with Gasteiger partial charge in [-0.2, -0.15) is 0 Å². The Morgan fingerprint density at radius 2 is 1.92 bits per heavy atom. The number of carboxylic acid groups (broad SMARTS) is 1. The average Bonchev–Trinajstić information content (AvgIpc) is 2.60. The number of amides is 1. The number of carbonyl (C=O) groups excluding carboxylic acids is 1. The molecule has 0 saturated carbocycles. The lowest BCUT2D eigenvalue weighted by atomic mass is 9.96. The van der Waals surface area contributed by atoms with Crippen molar-refractivity contribution < 1.29 is 19.4 Å². The normalized spacial score (nSPS) is 16.3. The molecule has 24 heavy (non-hydrogen) atoms. The monoisotopic (exact) mass is 325 g/mol. The minimum atomic E-state index is -1.01. The van der Waals surface area contributed by atoms with Crippen LogP contribution in [0.3, 0.4) is 0 Å². The van der Waals surface area contributed by atoms with Crippen LogP contribution in [-0.4, -0.2) is 30.6 Å². The fourth-order valence-corrected chi connectivity index (χ4v) is 3.11. The summed E-state index contributed by atoms with van der Waals surface area (Å²) in [6, 6.07) is 12.7. The van der Waals surface area contributed by atoms with Gasteiger partial charge in [-0.15, -0.1) is 0 Å². The van der Waals surface area contributed by atoms with Gasteiger partial charge >= 0.3 is 5.97 Å². The van der Waals surface area contributed by atoms with E-state index in [1.54, 1.807) is 26.1 Å². The zero-order chi connectivity index (χ0) is 17.3. The summed E-state index contributed by atoms with van der Waals surface area (Å²) in [5.41, 5.74) is 3.33. The second-order valence-electron chi connectivity index (χ2n) is 5.85. The number of anilines is 1. The number of hydrogen-bond acceptors (Lipinski definition) is 3. The van der Waals surface area contributed by atoms with Crippen molar-refractivity contribution in [2.75, 3.05) is 18.6 Å². The maximum absolute atomic E-state index is 12.9. The van der Waals surface area contributed by atoms with E-state index in [1.807, 2.05) is 24.3 Å². The van der Waals surface area contributed by atoms with Crippen molar-refractivity contribution in [1.82, 2.24) is 0 Å². The summed E-state index contributed by atoms with van der Waals surface area (Å²) in [6.07, 6.45) is 0.129. The minimum absolute atomic E-state index is 0.192. The highest BCUT2D eigenvalue weighted by Gasteiger charge is 2.30. The number of rotatable bonds is 3. The lowest BCUT2D eigenvalue weighted by molar-refractivity contribution is -0.131. The molecule has 0 aliphatic carbocycles. The highest BCUT2D eigenvalue weighted by molar-refractivity contribution is 5.99. The fourth-order valence-electron chi connectivity index (χ4n) is 3.11. The van der Waals surface area contributed by atoms with Crippen molar-refractivity contribution in [3.05, 3.63) is 64.7 Å². The van der Waals surface area contributed by atoms with Gasteiger partial charge in [0.15, 0.2) is 6.10 Å². The van der Waals surface area contributed by atoms with E-state index in [-0.39, 0.29) is 11.5 Å². The molecule has 1 heterocycles. The van der Waals surface area contributed by atoms with E-state index in [2.05, 4.69) is 0 Å². The van der Waals surface area contributed by atoms with Crippen LogP contribution in [-0.2, 0) is 16.0 Å². The summed E-state index contributed by atoms with van der Waals surface area (Å²) in [5, 5.41) is 9.26. The second kappa shape index (κ2) is 6.45. The molecule has 0 saturated heterocycles. The Kier molecular flexibility index (Phi) is 4.36. The predicted molar refractivity (Wildman–Crippen MR) is 90.4 cm³/mol. The summed E-state index contributed by atoms with van der Waals surface area (Å²) in [6.45, 7) is 2.20. The Morgan fingerprint density at radius 3 is 2.67 bits per heavy atom. The molecule has 1 aliphatic heterocycles. The van der Waals surface area contributed by atoms with Crippen LogP contribution in [0.2, 0.25) is 0 Å². The number of nitrogens with zero attached hydrogens (tertiary/aromatic N) is 1. The summed E-state index contributed by atoms with van der Waals surface area (Å²) in [4.78, 5) is 25.7. The second-order valence-corrected chi connectivity index (χ2v) is 5.85. The molecule has 0 spiro atoms. The molecule has 5 nitrogen and oxygen atoms in total.